The number of nitrogens with one attached hydrogen (secondary N) is 2. The van der Waals surface area contributed by atoms with Crippen LogP contribution in [0, 0.1) is 5.82 Å². The monoisotopic (exact) mass is 428 g/mol. The van der Waals surface area contributed by atoms with Crippen molar-refractivity contribution in [1.29, 1.82) is 0 Å². The van der Waals surface area contributed by atoms with E-state index in [0.29, 0.717) is 22.7 Å². The van der Waals surface area contributed by atoms with Gasteiger partial charge in [-0.15, -0.1) is 0 Å². The van der Waals surface area contributed by atoms with Gasteiger partial charge in [0.15, 0.2) is 0 Å². The summed E-state index contributed by atoms with van der Waals surface area (Å²) in [5.41, 5.74) is 1.03. The molecule has 0 unspecified atom stereocenters. The maximum absolute atomic E-state index is 13.2. The van der Waals surface area contributed by atoms with Gasteiger partial charge in [-0.3, -0.25) is 4.79 Å². The van der Waals surface area contributed by atoms with Crippen LogP contribution in [-0.4, -0.2) is 20.6 Å². The third kappa shape index (κ3) is 6.68. The third-order valence-electron chi connectivity index (χ3n) is 4.14. The van der Waals surface area contributed by atoms with Crippen molar-refractivity contribution in [3.63, 3.8) is 0 Å². The molecule has 0 bridgehead atoms. The van der Waals surface area contributed by atoms with Gasteiger partial charge in [0.05, 0.1) is 12.3 Å². The lowest BCUT2D eigenvalue weighted by molar-refractivity contribution is -0.116. The van der Waals surface area contributed by atoms with Crippen LogP contribution in [0.2, 0.25) is 0 Å². The van der Waals surface area contributed by atoms with E-state index >= 15 is 0 Å². The Bertz CT molecular complexity index is 1090. The third-order valence-corrected chi connectivity index (χ3v) is 4.85. The first-order valence-electron chi connectivity index (χ1n) is 9.14. The molecule has 0 saturated heterocycles. The molecule has 30 heavy (non-hydrogen) atoms. The van der Waals surface area contributed by atoms with E-state index in [1.165, 1.54) is 24.3 Å². The van der Waals surface area contributed by atoms with Crippen molar-refractivity contribution in [3.05, 3.63) is 90.2 Å². The summed E-state index contributed by atoms with van der Waals surface area (Å²) in [6.45, 7) is 0. The Morgan fingerprint density at radius 3 is 2.13 bits per heavy atom. The Morgan fingerprint density at radius 1 is 0.933 bits per heavy atom. The SMILES string of the molecule is CS(=O)(=O)N[C@@H](CC(=O)Nc1ccc(Oc2ccccc2)cc1)c1ccc(F)cc1. The molecule has 1 atom stereocenters. The second-order valence-corrected chi connectivity index (χ2v) is 8.47. The van der Waals surface area contributed by atoms with E-state index in [9.17, 15) is 17.6 Å². The van der Waals surface area contributed by atoms with Gasteiger partial charge in [-0.2, -0.15) is 0 Å². The summed E-state index contributed by atoms with van der Waals surface area (Å²) in [6.07, 6.45) is 0.855. The molecule has 0 saturated carbocycles. The number of carbonyl (C=O) groups is 1. The van der Waals surface area contributed by atoms with Crippen LogP contribution < -0.4 is 14.8 Å². The number of carbonyl (C=O) groups excluding carboxylic acids is 1. The lowest BCUT2D eigenvalue weighted by Crippen LogP contribution is -2.30. The van der Waals surface area contributed by atoms with Crippen molar-refractivity contribution in [2.75, 3.05) is 11.6 Å². The molecule has 3 rings (SSSR count). The van der Waals surface area contributed by atoms with Gasteiger partial charge in [0.2, 0.25) is 15.9 Å². The molecule has 3 aromatic carbocycles. The number of ether oxygens (including phenoxy) is 1. The van der Waals surface area contributed by atoms with Gasteiger partial charge in [-0.25, -0.2) is 17.5 Å². The van der Waals surface area contributed by atoms with Crippen molar-refractivity contribution < 1.29 is 22.3 Å². The molecule has 6 nitrogen and oxygen atoms in total. The maximum atomic E-state index is 13.2. The standard InChI is InChI=1S/C22H21FN2O4S/c1-30(27,28)25-21(16-7-9-17(23)10-8-16)15-22(26)24-18-11-13-20(14-12-18)29-19-5-3-2-4-6-19/h2-14,21,25H,15H2,1H3,(H,24,26)/t21-/m0/s1. The smallest absolute Gasteiger partial charge is 0.226 e. The minimum absolute atomic E-state index is 0.152. The van der Waals surface area contributed by atoms with Gasteiger partial charge >= 0.3 is 0 Å². The lowest BCUT2D eigenvalue weighted by atomic mass is 10.0. The van der Waals surface area contributed by atoms with Gasteiger partial charge in [-0.1, -0.05) is 30.3 Å². The zero-order valence-electron chi connectivity index (χ0n) is 16.2. The van der Waals surface area contributed by atoms with E-state index in [-0.39, 0.29) is 6.42 Å². The summed E-state index contributed by atoms with van der Waals surface area (Å²) in [4.78, 5) is 12.5. The molecule has 3 aromatic rings. The number of halogens is 1. The summed E-state index contributed by atoms with van der Waals surface area (Å²) in [7, 11) is -3.58. The Balaban J connectivity index is 1.65. The van der Waals surface area contributed by atoms with E-state index in [0.717, 1.165) is 6.26 Å². The Kier molecular flexibility index (Phi) is 6.81. The van der Waals surface area contributed by atoms with Crippen molar-refractivity contribution in [2.24, 2.45) is 0 Å². The number of rotatable bonds is 8. The Morgan fingerprint density at radius 2 is 1.53 bits per heavy atom. The number of hydrogen-bond donors (Lipinski definition) is 2. The van der Waals surface area contributed by atoms with Crippen LogP contribution in [0.1, 0.15) is 18.0 Å². The van der Waals surface area contributed by atoms with E-state index < -0.39 is 27.8 Å². The molecule has 0 heterocycles. The average Bonchev–Trinajstić information content (AvgIpc) is 2.69. The average molecular weight is 428 g/mol. The van der Waals surface area contributed by atoms with Crippen molar-refractivity contribution in [2.45, 2.75) is 12.5 Å². The van der Waals surface area contributed by atoms with Gasteiger partial charge in [0.25, 0.3) is 0 Å². The first kappa shape index (κ1) is 21.5. The first-order chi connectivity index (χ1) is 14.3. The maximum Gasteiger partial charge on any atom is 0.226 e. The van der Waals surface area contributed by atoms with Gasteiger partial charge < -0.3 is 10.1 Å². The lowest BCUT2D eigenvalue weighted by Gasteiger charge is -2.18. The number of para-hydroxylation sites is 1. The molecule has 8 heteroatoms. The summed E-state index contributed by atoms with van der Waals surface area (Å²) >= 11 is 0. The molecular formula is C22H21FN2O4S. The molecule has 0 aliphatic heterocycles. The number of amides is 1. The topological polar surface area (TPSA) is 84.5 Å². The molecule has 0 aliphatic rings. The molecule has 0 radical (unpaired) electrons. The summed E-state index contributed by atoms with van der Waals surface area (Å²) in [5, 5.41) is 2.73. The first-order valence-corrected chi connectivity index (χ1v) is 11.0. The summed E-state index contributed by atoms with van der Waals surface area (Å²) < 4.78 is 44.7. The molecule has 0 spiro atoms. The fraction of sp³-hybridized carbons (Fsp3) is 0.136. The van der Waals surface area contributed by atoms with Gasteiger partial charge in [0, 0.05) is 12.1 Å². The highest BCUT2D eigenvalue weighted by Gasteiger charge is 2.20. The van der Waals surface area contributed by atoms with Crippen LogP contribution in [0.5, 0.6) is 11.5 Å². The Hall–Kier alpha value is -3.23. The highest BCUT2D eigenvalue weighted by molar-refractivity contribution is 7.88. The van der Waals surface area contributed by atoms with E-state index in [1.54, 1.807) is 24.3 Å². The van der Waals surface area contributed by atoms with Crippen LogP contribution in [0.4, 0.5) is 10.1 Å². The number of sulfonamides is 1. The second kappa shape index (κ2) is 9.51. The van der Waals surface area contributed by atoms with Crippen LogP contribution in [0.3, 0.4) is 0 Å². The van der Waals surface area contributed by atoms with Gasteiger partial charge in [-0.05, 0) is 54.1 Å². The molecule has 0 fully saturated rings. The predicted octanol–water partition coefficient (Wildman–Crippen LogP) is 4.24. The van der Waals surface area contributed by atoms with E-state index in [1.807, 2.05) is 30.3 Å². The minimum atomic E-state index is -3.58. The molecule has 0 aromatic heterocycles. The molecular weight excluding hydrogens is 407 g/mol. The van der Waals surface area contributed by atoms with E-state index in [4.69, 9.17) is 4.74 Å². The molecule has 156 valence electrons. The summed E-state index contributed by atoms with van der Waals surface area (Å²) in [5.74, 6) is 0.474. The highest BCUT2D eigenvalue weighted by Crippen LogP contribution is 2.24. The minimum Gasteiger partial charge on any atom is -0.457 e. The zero-order valence-corrected chi connectivity index (χ0v) is 17.0. The fourth-order valence-electron chi connectivity index (χ4n) is 2.81. The highest BCUT2D eigenvalue weighted by atomic mass is 32.2. The van der Waals surface area contributed by atoms with Crippen molar-refractivity contribution in [3.8, 4) is 11.5 Å². The second-order valence-electron chi connectivity index (χ2n) is 6.69. The number of anilines is 1. The van der Waals surface area contributed by atoms with Crippen LogP contribution in [-0.2, 0) is 14.8 Å². The fourth-order valence-corrected chi connectivity index (χ4v) is 3.55. The Labute approximate surface area is 174 Å². The number of benzene rings is 3. The molecule has 2 N–H and O–H groups in total. The largest absolute Gasteiger partial charge is 0.457 e. The molecule has 1 amide bonds. The van der Waals surface area contributed by atoms with E-state index in [2.05, 4.69) is 10.0 Å². The van der Waals surface area contributed by atoms with Crippen LogP contribution in [0.25, 0.3) is 0 Å². The van der Waals surface area contributed by atoms with Crippen LogP contribution >= 0.6 is 0 Å². The quantitative estimate of drug-likeness (QED) is 0.562. The van der Waals surface area contributed by atoms with Gasteiger partial charge in [0.1, 0.15) is 17.3 Å². The van der Waals surface area contributed by atoms with Crippen molar-refractivity contribution in [1.82, 2.24) is 4.72 Å². The zero-order chi connectivity index (χ0) is 21.6. The number of hydrogen-bond acceptors (Lipinski definition) is 4. The van der Waals surface area contributed by atoms with Crippen molar-refractivity contribution >= 4 is 21.6 Å². The normalized spacial score (nSPS) is 12.2. The summed E-state index contributed by atoms with van der Waals surface area (Å²) in [6, 6.07) is 20.6. The molecule has 0 aliphatic carbocycles. The predicted molar refractivity (Wildman–Crippen MR) is 113 cm³/mol. The van der Waals surface area contributed by atoms with Crippen LogP contribution in [0.15, 0.2) is 78.9 Å².